The van der Waals surface area contributed by atoms with Gasteiger partial charge in [-0.05, 0) is 50.4 Å². The minimum absolute atomic E-state index is 0.125. The Hall–Kier alpha value is -1.95. The maximum absolute atomic E-state index is 13.0. The third kappa shape index (κ3) is 4.00. The number of aromatic amines is 1. The number of nitrogens with zero attached hydrogens (tertiary/aromatic N) is 3. The van der Waals surface area contributed by atoms with Gasteiger partial charge in [0.1, 0.15) is 12.4 Å². The number of H-pyrrole nitrogens is 1. The van der Waals surface area contributed by atoms with Crippen LogP contribution < -0.4 is 0 Å². The lowest BCUT2D eigenvalue weighted by molar-refractivity contribution is -0.135. The number of nitrogens with one attached hydrogen (secondary N) is 1. The Bertz CT molecular complexity index is 777. The molecule has 0 spiro atoms. The van der Waals surface area contributed by atoms with E-state index in [0.717, 1.165) is 44.5 Å². The average molecular weight is 359 g/mol. The van der Waals surface area contributed by atoms with Crippen LogP contribution in [0.1, 0.15) is 55.6 Å². The fourth-order valence-corrected chi connectivity index (χ4v) is 3.73. The summed E-state index contributed by atoms with van der Waals surface area (Å²) in [6.07, 6.45) is 5.04. The number of hydrogen-bond acceptors (Lipinski definition) is 3. The molecule has 6 heteroatoms. The van der Waals surface area contributed by atoms with Gasteiger partial charge in [0.25, 0.3) is 0 Å². The van der Waals surface area contributed by atoms with Gasteiger partial charge in [0.05, 0.1) is 6.04 Å². The van der Waals surface area contributed by atoms with Crippen LogP contribution in [-0.2, 0) is 17.8 Å². The van der Waals surface area contributed by atoms with Gasteiger partial charge in [-0.25, -0.2) is 0 Å². The molecule has 1 fully saturated rings. The Labute approximate surface area is 154 Å². The van der Waals surface area contributed by atoms with Gasteiger partial charge in [0, 0.05) is 13.0 Å². The zero-order chi connectivity index (χ0) is 17.8. The molecule has 2 aromatic rings. The van der Waals surface area contributed by atoms with Gasteiger partial charge in [-0.2, -0.15) is 5.10 Å². The second kappa shape index (κ2) is 7.95. The average Bonchev–Trinajstić information content (AvgIpc) is 2.96. The van der Waals surface area contributed by atoms with Crippen molar-refractivity contribution in [1.29, 1.82) is 0 Å². The van der Waals surface area contributed by atoms with E-state index in [1.54, 1.807) is 0 Å². The molecule has 1 amide bonds. The van der Waals surface area contributed by atoms with Gasteiger partial charge in [0.2, 0.25) is 5.91 Å². The van der Waals surface area contributed by atoms with Gasteiger partial charge in [-0.3, -0.25) is 14.5 Å². The number of aryl methyl sites for hydroxylation is 2. The molecular weight excluding hydrogens is 332 g/mol. The van der Waals surface area contributed by atoms with E-state index in [0.29, 0.717) is 4.77 Å². The summed E-state index contributed by atoms with van der Waals surface area (Å²) in [4.78, 5) is 15.1. The highest BCUT2D eigenvalue weighted by molar-refractivity contribution is 7.71. The number of rotatable bonds is 5. The van der Waals surface area contributed by atoms with Crippen LogP contribution in [0.2, 0.25) is 0 Å². The first-order chi connectivity index (χ1) is 12.1. The number of piperidine rings is 1. The molecular formula is C19H26N4OS. The van der Waals surface area contributed by atoms with Crippen molar-refractivity contribution in [3.63, 3.8) is 0 Å². The summed E-state index contributed by atoms with van der Waals surface area (Å²) in [5.74, 6) is 0.991. The fourth-order valence-electron chi connectivity index (χ4n) is 3.52. The van der Waals surface area contributed by atoms with E-state index in [9.17, 15) is 4.79 Å². The van der Waals surface area contributed by atoms with E-state index in [2.05, 4.69) is 48.3 Å². The molecule has 2 heterocycles. The number of hydrogen-bond donors (Lipinski definition) is 1. The third-order valence-corrected chi connectivity index (χ3v) is 5.20. The lowest BCUT2D eigenvalue weighted by Crippen LogP contribution is -2.40. The van der Waals surface area contributed by atoms with E-state index >= 15 is 0 Å². The van der Waals surface area contributed by atoms with Crippen LogP contribution in [0.4, 0.5) is 0 Å². The first-order valence-electron chi connectivity index (χ1n) is 9.10. The lowest BCUT2D eigenvalue weighted by Gasteiger charge is -2.36. The van der Waals surface area contributed by atoms with Crippen molar-refractivity contribution in [1.82, 2.24) is 19.7 Å². The molecule has 0 unspecified atom stereocenters. The van der Waals surface area contributed by atoms with Crippen LogP contribution in [0.15, 0.2) is 24.3 Å². The van der Waals surface area contributed by atoms with E-state index in [1.165, 1.54) is 11.1 Å². The molecule has 1 aromatic carbocycles. The maximum Gasteiger partial charge on any atom is 0.243 e. The van der Waals surface area contributed by atoms with Crippen LogP contribution in [-0.4, -0.2) is 32.1 Å². The molecule has 0 radical (unpaired) electrons. The van der Waals surface area contributed by atoms with Crippen LogP contribution in [0, 0.1) is 11.7 Å². The second-order valence-electron chi connectivity index (χ2n) is 6.79. The topological polar surface area (TPSA) is 53.9 Å². The van der Waals surface area contributed by atoms with Crippen molar-refractivity contribution < 1.29 is 4.79 Å². The largest absolute Gasteiger partial charge is 0.334 e. The summed E-state index contributed by atoms with van der Waals surface area (Å²) in [5, 5.41) is 7.09. The van der Waals surface area contributed by atoms with Crippen LogP contribution in [0.3, 0.4) is 0 Å². The second-order valence-corrected chi connectivity index (χ2v) is 7.18. The summed E-state index contributed by atoms with van der Waals surface area (Å²) >= 11 is 5.32. The molecule has 1 aliphatic rings. The number of likely N-dealkylation sites (tertiary alicyclic amines) is 1. The van der Waals surface area contributed by atoms with Crippen molar-refractivity contribution in [2.75, 3.05) is 6.54 Å². The van der Waals surface area contributed by atoms with Crippen LogP contribution in [0.25, 0.3) is 0 Å². The SMILES string of the molecule is CCCc1n[nH]c(=S)n1CC(=O)N1CCCC[C@@H]1c1ccc(C)cc1. The Morgan fingerprint density at radius 2 is 2.08 bits per heavy atom. The Kier molecular flexibility index (Phi) is 5.68. The predicted octanol–water partition coefficient (Wildman–Crippen LogP) is 3.96. The standard InChI is InChI=1S/C19H26N4OS/c1-3-6-17-20-21-19(25)23(17)13-18(24)22-12-5-4-7-16(22)15-10-8-14(2)9-11-15/h8-11,16H,3-7,12-13H2,1-2H3,(H,21,25)/t16-/m1/s1. The van der Waals surface area contributed by atoms with Gasteiger partial charge >= 0.3 is 0 Å². The molecule has 0 bridgehead atoms. The number of carbonyl (C=O) groups is 1. The van der Waals surface area contributed by atoms with Crippen molar-refractivity contribution in [3.8, 4) is 0 Å². The molecule has 1 N–H and O–H groups in total. The van der Waals surface area contributed by atoms with Gasteiger partial charge in [-0.1, -0.05) is 36.8 Å². The Morgan fingerprint density at radius 3 is 2.80 bits per heavy atom. The van der Waals surface area contributed by atoms with Gasteiger partial charge < -0.3 is 4.90 Å². The first-order valence-corrected chi connectivity index (χ1v) is 9.51. The fraction of sp³-hybridized carbons (Fsp3) is 0.526. The monoisotopic (exact) mass is 358 g/mol. The van der Waals surface area contributed by atoms with Crippen LogP contribution >= 0.6 is 12.2 Å². The highest BCUT2D eigenvalue weighted by Crippen LogP contribution is 2.31. The van der Waals surface area contributed by atoms with E-state index < -0.39 is 0 Å². The first kappa shape index (κ1) is 17.9. The molecule has 1 aromatic heterocycles. The number of benzene rings is 1. The molecule has 3 rings (SSSR count). The molecule has 1 saturated heterocycles. The van der Waals surface area contributed by atoms with Crippen molar-refractivity contribution in [2.45, 2.75) is 58.5 Å². The Morgan fingerprint density at radius 1 is 1.32 bits per heavy atom. The molecule has 1 aliphatic heterocycles. The van der Waals surface area contributed by atoms with Gasteiger partial charge in [0.15, 0.2) is 4.77 Å². The smallest absolute Gasteiger partial charge is 0.243 e. The molecule has 5 nitrogen and oxygen atoms in total. The van der Waals surface area contributed by atoms with E-state index in [1.807, 2.05) is 9.47 Å². The van der Waals surface area contributed by atoms with E-state index in [-0.39, 0.29) is 18.5 Å². The molecule has 1 atom stereocenters. The minimum atomic E-state index is 0.125. The van der Waals surface area contributed by atoms with E-state index in [4.69, 9.17) is 12.2 Å². The van der Waals surface area contributed by atoms with Crippen molar-refractivity contribution in [3.05, 3.63) is 46.0 Å². The Balaban J connectivity index is 1.81. The quantitative estimate of drug-likeness (QED) is 0.823. The number of amides is 1. The lowest BCUT2D eigenvalue weighted by atomic mass is 9.94. The zero-order valence-corrected chi connectivity index (χ0v) is 15.8. The predicted molar refractivity (Wildman–Crippen MR) is 101 cm³/mol. The maximum atomic E-state index is 13.0. The summed E-state index contributed by atoms with van der Waals surface area (Å²) in [5.41, 5.74) is 2.47. The van der Waals surface area contributed by atoms with Crippen molar-refractivity contribution >= 4 is 18.1 Å². The molecule has 25 heavy (non-hydrogen) atoms. The highest BCUT2D eigenvalue weighted by atomic mass is 32.1. The number of aromatic nitrogens is 3. The van der Waals surface area contributed by atoms with Crippen LogP contribution in [0.5, 0.6) is 0 Å². The summed E-state index contributed by atoms with van der Waals surface area (Å²) in [6.45, 7) is 5.27. The highest BCUT2D eigenvalue weighted by Gasteiger charge is 2.28. The third-order valence-electron chi connectivity index (χ3n) is 4.89. The zero-order valence-electron chi connectivity index (χ0n) is 15.0. The molecule has 0 saturated carbocycles. The summed E-state index contributed by atoms with van der Waals surface area (Å²) in [6, 6.07) is 8.71. The molecule has 134 valence electrons. The van der Waals surface area contributed by atoms with Crippen molar-refractivity contribution in [2.24, 2.45) is 0 Å². The number of carbonyl (C=O) groups excluding carboxylic acids is 1. The normalized spacial score (nSPS) is 17.7. The summed E-state index contributed by atoms with van der Waals surface area (Å²) in [7, 11) is 0. The minimum Gasteiger partial charge on any atom is -0.334 e. The summed E-state index contributed by atoms with van der Waals surface area (Å²) < 4.78 is 2.38. The molecule has 0 aliphatic carbocycles. The van der Waals surface area contributed by atoms with Gasteiger partial charge in [-0.15, -0.1) is 0 Å².